The summed E-state index contributed by atoms with van der Waals surface area (Å²) in [6, 6.07) is 17.3. The van der Waals surface area contributed by atoms with Crippen LogP contribution in [0, 0.1) is 0 Å². The molecule has 1 aliphatic rings. The van der Waals surface area contributed by atoms with E-state index in [1.165, 1.54) is 0 Å². The van der Waals surface area contributed by atoms with Crippen molar-refractivity contribution in [3.63, 3.8) is 0 Å². The molecule has 0 spiro atoms. The molecule has 0 heterocycles. The molecule has 2 amide bonds. The molecule has 0 aliphatic heterocycles. The van der Waals surface area contributed by atoms with Gasteiger partial charge in [0.05, 0.1) is 7.11 Å². The molecule has 0 unspecified atom stereocenters. The maximum Gasteiger partial charge on any atom is 0.242 e. The molecular formula is C25H32N2O3. The van der Waals surface area contributed by atoms with Gasteiger partial charge in [0.25, 0.3) is 0 Å². The first-order valence-electron chi connectivity index (χ1n) is 10.8. The summed E-state index contributed by atoms with van der Waals surface area (Å²) >= 11 is 0. The molecule has 1 fully saturated rings. The number of ether oxygens (including phenoxy) is 1. The number of aryl methyl sites for hydroxylation is 1. The van der Waals surface area contributed by atoms with Gasteiger partial charge in [0.1, 0.15) is 11.8 Å². The highest BCUT2D eigenvalue weighted by Crippen LogP contribution is 2.20. The Labute approximate surface area is 179 Å². The average Bonchev–Trinajstić information content (AvgIpc) is 3.29. The Bertz CT molecular complexity index is 831. The third-order valence-corrected chi connectivity index (χ3v) is 5.83. The van der Waals surface area contributed by atoms with Crippen molar-refractivity contribution in [3.8, 4) is 5.75 Å². The number of nitrogens with one attached hydrogen (secondary N) is 1. The van der Waals surface area contributed by atoms with Gasteiger partial charge in [0.2, 0.25) is 11.8 Å². The van der Waals surface area contributed by atoms with Crippen molar-refractivity contribution in [2.45, 2.75) is 64.1 Å². The van der Waals surface area contributed by atoms with E-state index in [1.54, 1.807) is 12.0 Å². The maximum absolute atomic E-state index is 13.2. The lowest BCUT2D eigenvalue weighted by atomic mass is 10.1. The number of carbonyl (C=O) groups excluding carboxylic acids is 2. The van der Waals surface area contributed by atoms with Crippen molar-refractivity contribution in [2.75, 3.05) is 7.11 Å². The molecule has 0 radical (unpaired) electrons. The van der Waals surface area contributed by atoms with E-state index in [-0.39, 0.29) is 17.9 Å². The Hall–Kier alpha value is -2.82. The summed E-state index contributed by atoms with van der Waals surface area (Å²) in [4.78, 5) is 27.8. The van der Waals surface area contributed by atoms with Gasteiger partial charge in [0.15, 0.2) is 0 Å². The van der Waals surface area contributed by atoms with Crippen LogP contribution in [0.4, 0.5) is 0 Å². The molecule has 1 aliphatic carbocycles. The monoisotopic (exact) mass is 408 g/mol. The summed E-state index contributed by atoms with van der Waals surface area (Å²) < 4.78 is 5.32. The van der Waals surface area contributed by atoms with Gasteiger partial charge in [0, 0.05) is 19.0 Å². The second-order valence-electron chi connectivity index (χ2n) is 8.02. The zero-order chi connectivity index (χ0) is 21.3. The average molecular weight is 409 g/mol. The Morgan fingerprint density at radius 2 is 1.77 bits per heavy atom. The van der Waals surface area contributed by atoms with Crippen LogP contribution < -0.4 is 10.1 Å². The Morgan fingerprint density at radius 3 is 2.47 bits per heavy atom. The maximum atomic E-state index is 13.2. The first-order valence-corrected chi connectivity index (χ1v) is 10.8. The SMILES string of the molecule is COc1cccc(CN(C(=O)CCc2ccccc2)[C@H](C)C(=O)NC2CCCC2)c1. The normalized spacial score (nSPS) is 14.9. The molecule has 30 heavy (non-hydrogen) atoms. The molecule has 0 bridgehead atoms. The molecule has 2 aromatic rings. The molecule has 2 aromatic carbocycles. The van der Waals surface area contributed by atoms with Crippen molar-refractivity contribution in [3.05, 3.63) is 65.7 Å². The molecule has 1 saturated carbocycles. The predicted molar refractivity (Wildman–Crippen MR) is 118 cm³/mol. The van der Waals surface area contributed by atoms with Gasteiger partial charge in [-0.2, -0.15) is 0 Å². The Kier molecular flexibility index (Phi) is 7.89. The van der Waals surface area contributed by atoms with Crippen LogP contribution >= 0.6 is 0 Å². The Balaban J connectivity index is 1.72. The van der Waals surface area contributed by atoms with Crippen LogP contribution in [-0.2, 0) is 22.6 Å². The standard InChI is InChI=1S/C25H32N2O3/c1-19(25(29)26-22-12-6-7-13-22)27(18-21-11-8-14-23(17-21)30-2)24(28)16-15-20-9-4-3-5-10-20/h3-5,8-11,14,17,19,22H,6-7,12-13,15-16,18H2,1-2H3,(H,26,29)/t19-/m1/s1. The molecular weight excluding hydrogens is 376 g/mol. The molecule has 0 saturated heterocycles. The molecule has 1 atom stereocenters. The van der Waals surface area contributed by atoms with Crippen molar-refractivity contribution in [1.29, 1.82) is 0 Å². The first-order chi connectivity index (χ1) is 14.6. The molecule has 5 heteroatoms. The number of methoxy groups -OCH3 is 1. The molecule has 5 nitrogen and oxygen atoms in total. The van der Waals surface area contributed by atoms with E-state index in [0.717, 1.165) is 42.6 Å². The summed E-state index contributed by atoms with van der Waals surface area (Å²) in [7, 11) is 1.62. The predicted octanol–water partition coefficient (Wildman–Crippen LogP) is 4.10. The van der Waals surface area contributed by atoms with E-state index < -0.39 is 6.04 Å². The summed E-state index contributed by atoms with van der Waals surface area (Å²) in [5.74, 6) is 0.654. The minimum atomic E-state index is -0.528. The van der Waals surface area contributed by atoms with Gasteiger partial charge < -0.3 is 15.0 Å². The zero-order valence-electron chi connectivity index (χ0n) is 18.0. The van der Waals surface area contributed by atoms with E-state index in [2.05, 4.69) is 5.32 Å². The quantitative estimate of drug-likeness (QED) is 0.679. The fourth-order valence-electron chi connectivity index (χ4n) is 3.98. The number of nitrogens with zero attached hydrogens (tertiary/aromatic N) is 1. The highest BCUT2D eigenvalue weighted by molar-refractivity contribution is 5.87. The number of hydrogen-bond acceptors (Lipinski definition) is 3. The fourth-order valence-corrected chi connectivity index (χ4v) is 3.98. The highest BCUT2D eigenvalue weighted by Gasteiger charge is 2.28. The van der Waals surface area contributed by atoms with Gasteiger partial charge in [-0.3, -0.25) is 9.59 Å². The van der Waals surface area contributed by atoms with Gasteiger partial charge >= 0.3 is 0 Å². The third-order valence-electron chi connectivity index (χ3n) is 5.83. The lowest BCUT2D eigenvalue weighted by Crippen LogP contribution is -2.49. The first kappa shape index (κ1) is 21.9. The number of amides is 2. The van der Waals surface area contributed by atoms with Crippen LogP contribution in [-0.4, -0.2) is 35.9 Å². The largest absolute Gasteiger partial charge is 0.497 e. The lowest BCUT2D eigenvalue weighted by Gasteiger charge is -2.30. The number of carbonyl (C=O) groups is 2. The second kappa shape index (κ2) is 10.8. The van der Waals surface area contributed by atoms with Crippen molar-refractivity contribution in [1.82, 2.24) is 10.2 Å². The van der Waals surface area contributed by atoms with Crippen molar-refractivity contribution in [2.24, 2.45) is 0 Å². The van der Waals surface area contributed by atoms with Crippen LogP contribution in [0.2, 0.25) is 0 Å². The Morgan fingerprint density at radius 1 is 1.07 bits per heavy atom. The van der Waals surface area contributed by atoms with Gasteiger partial charge in [-0.25, -0.2) is 0 Å². The van der Waals surface area contributed by atoms with E-state index in [4.69, 9.17) is 4.74 Å². The summed E-state index contributed by atoms with van der Waals surface area (Å²) in [6.45, 7) is 2.20. The second-order valence-corrected chi connectivity index (χ2v) is 8.02. The summed E-state index contributed by atoms with van der Waals surface area (Å²) in [6.07, 6.45) is 5.39. The lowest BCUT2D eigenvalue weighted by molar-refractivity contribution is -0.140. The van der Waals surface area contributed by atoms with Crippen LogP contribution in [0.5, 0.6) is 5.75 Å². The van der Waals surface area contributed by atoms with Crippen LogP contribution in [0.15, 0.2) is 54.6 Å². The molecule has 160 valence electrons. The van der Waals surface area contributed by atoms with Gasteiger partial charge in [-0.05, 0) is 49.4 Å². The van der Waals surface area contributed by atoms with Crippen LogP contribution in [0.1, 0.15) is 50.2 Å². The van der Waals surface area contributed by atoms with E-state index in [0.29, 0.717) is 19.4 Å². The number of benzene rings is 2. The number of rotatable bonds is 9. The topological polar surface area (TPSA) is 58.6 Å². The van der Waals surface area contributed by atoms with Gasteiger partial charge in [-0.1, -0.05) is 55.3 Å². The molecule has 1 N–H and O–H groups in total. The summed E-state index contributed by atoms with van der Waals surface area (Å²) in [5, 5.41) is 3.14. The summed E-state index contributed by atoms with van der Waals surface area (Å²) in [5.41, 5.74) is 2.07. The highest BCUT2D eigenvalue weighted by atomic mass is 16.5. The number of hydrogen-bond donors (Lipinski definition) is 1. The minimum absolute atomic E-state index is 0.0178. The molecule has 0 aromatic heterocycles. The third kappa shape index (κ3) is 6.09. The van der Waals surface area contributed by atoms with Gasteiger partial charge in [-0.15, -0.1) is 0 Å². The van der Waals surface area contributed by atoms with Crippen LogP contribution in [0.3, 0.4) is 0 Å². The van der Waals surface area contributed by atoms with Crippen molar-refractivity contribution >= 4 is 11.8 Å². The van der Waals surface area contributed by atoms with Crippen molar-refractivity contribution < 1.29 is 14.3 Å². The zero-order valence-corrected chi connectivity index (χ0v) is 18.0. The smallest absolute Gasteiger partial charge is 0.242 e. The van der Waals surface area contributed by atoms with E-state index >= 15 is 0 Å². The fraction of sp³-hybridized carbons (Fsp3) is 0.440. The minimum Gasteiger partial charge on any atom is -0.497 e. The van der Waals surface area contributed by atoms with E-state index in [9.17, 15) is 9.59 Å². The molecule has 3 rings (SSSR count). The van der Waals surface area contributed by atoms with Crippen LogP contribution in [0.25, 0.3) is 0 Å². The van der Waals surface area contributed by atoms with E-state index in [1.807, 2.05) is 61.5 Å².